The molecule has 0 atom stereocenters. The largest absolute Gasteiger partial charge is 0.444 e. The molecule has 0 heterocycles. The Morgan fingerprint density at radius 3 is 2.47 bits per heavy atom. The summed E-state index contributed by atoms with van der Waals surface area (Å²) in [6, 6.07) is 1.97. The van der Waals surface area contributed by atoms with Crippen LogP contribution in [0.3, 0.4) is 0 Å². The number of carbonyl (C=O) groups is 1. The van der Waals surface area contributed by atoms with Crippen molar-refractivity contribution in [3.63, 3.8) is 0 Å². The highest BCUT2D eigenvalue weighted by Gasteiger charge is 2.23. The molecule has 0 spiro atoms. The van der Waals surface area contributed by atoms with E-state index in [2.05, 4.69) is 5.32 Å². The molecule has 0 saturated heterocycles. The van der Waals surface area contributed by atoms with Crippen LogP contribution in [0.4, 0.5) is 20.6 Å². The van der Waals surface area contributed by atoms with Gasteiger partial charge in [-0.15, -0.1) is 0 Å². The van der Waals surface area contributed by atoms with E-state index in [1.807, 2.05) is 0 Å². The van der Waals surface area contributed by atoms with Crippen molar-refractivity contribution < 1.29 is 18.8 Å². The highest BCUT2D eigenvalue weighted by Crippen LogP contribution is 2.30. The average molecular weight is 270 g/mol. The molecule has 19 heavy (non-hydrogen) atoms. The highest BCUT2D eigenvalue weighted by atomic mass is 19.1. The Kier molecular flexibility index (Phi) is 4.08. The molecule has 6 nitrogen and oxygen atoms in total. The fourth-order valence-corrected chi connectivity index (χ4v) is 1.39. The third-order valence-corrected chi connectivity index (χ3v) is 2.20. The van der Waals surface area contributed by atoms with Crippen LogP contribution in [0.15, 0.2) is 12.1 Å². The SMILES string of the molecule is Cc1c(F)ccc([N+](=O)[O-])c1NC(=O)OC(C)(C)C. The lowest BCUT2D eigenvalue weighted by Crippen LogP contribution is -2.27. The summed E-state index contributed by atoms with van der Waals surface area (Å²) in [5.74, 6) is -0.642. The molecule has 7 heteroatoms. The van der Waals surface area contributed by atoms with Gasteiger partial charge in [-0.1, -0.05) is 0 Å². The Balaban J connectivity index is 3.09. The van der Waals surface area contributed by atoms with Gasteiger partial charge in [0.05, 0.1) is 4.92 Å². The van der Waals surface area contributed by atoms with E-state index < -0.39 is 22.4 Å². The molecule has 1 N–H and O–H groups in total. The lowest BCUT2D eigenvalue weighted by molar-refractivity contribution is -0.384. The van der Waals surface area contributed by atoms with Gasteiger partial charge in [0.25, 0.3) is 5.69 Å². The van der Waals surface area contributed by atoms with Crippen molar-refractivity contribution in [2.45, 2.75) is 33.3 Å². The number of benzene rings is 1. The first-order valence-electron chi connectivity index (χ1n) is 5.55. The fraction of sp³-hybridized carbons (Fsp3) is 0.417. The number of halogens is 1. The molecule has 0 unspecified atom stereocenters. The van der Waals surface area contributed by atoms with Crippen LogP contribution >= 0.6 is 0 Å². The van der Waals surface area contributed by atoms with Crippen molar-refractivity contribution in [1.29, 1.82) is 0 Å². The minimum absolute atomic E-state index is 0.0138. The number of amides is 1. The number of hydrogen-bond acceptors (Lipinski definition) is 4. The molecule has 1 aromatic rings. The molecule has 104 valence electrons. The molecule has 0 saturated carbocycles. The molecule has 0 aliphatic carbocycles. The second kappa shape index (κ2) is 5.21. The summed E-state index contributed by atoms with van der Waals surface area (Å²) in [5, 5.41) is 13.1. The number of nitro groups is 1. The molecular formula is C12H15FN2O4. The van der Waals surface area contributed by atoms with E-state index in [-0.39, 0.29) is 16.9 Å². The summed E-state index contributed by atoms with van der Waals surface area (Å²) in [5.41, 5.74) is -1.34. The van der Waals surface area contributed by atoms with Crippen LogP contribution in [0, 0.1) is 22.9 Å². The van der Waals surface area contributed by atoms with Gasteiger partial charge in [-0.25, -0.2) is 9.18 Å². The number of nitro benzene ring substituents is 1. The van der Waals surface area contributed by atoms with Crippen molar-refractivity contribution >= 4 is 17.5 Å². The van der Waals surface area contributed by atoms with Crippen LogP contribution in [0.1, 0.15) is 26.3 Å². The lowest BCUT2D eigenvalue weighted by Gasteiger charge is -2.20. The molecule has 1 amide bonds. The number of hydrogen-bond donors (Lipinski definition) is 1. The zero-order valence-corrected chi connectivity index (χ0v) is 11.1. The van der Waals surface area contributed by atoms with Crippen LogP contribution in [0.5, 0.6) is 0 Å². The molecule has 0 fully saturated rings. The summed E-state index contributed by atoms with van der Waals surface area (Å²) in [6.07, 6.45) is -0.871. The minimum atomic E-state index is -0.871. The van der Waals surface area contributed by atoms with Gasteiger partial charge in [0.1, 0.15) is 17.1 Å². The average Bonchev–Trinajstić information content (AvgIpc) is 2.21. The Hall–Kier alpha value is -2.18. The molecule has 0 aliphatic heterocycles. The maximum atomic E-state index is 13.4. The molecule has 0 bridgehead atoms. The van der Waals surface area contributed by atoms with E-state index in [4.69, 9.17) is 4.74 Å². The predicted octanol–water partition coefficient (Wildman–Crippen LogP) is 3.39. The first kappa shape index (κ1) is 14.9. The van der Waals surface area contributed by atoms with Crippen molar-refractivity contribution in [1.82, 2.24) is 0 Å². The van der Waals surface area contributed by atoms with E-state index in [1.165, 1.54) is 6.92 Å². The highest BCUT2D eigenvalue weighted by molar-refractivity contribution is 5.89. The number of nitrogens with zero attached hydrogens (tertiary/aromatic N) is 1. The van der Waals surface area contributed by atoms with Crippen molar-refractivity contribution in [3.8, 4) is 0 Å². The van der Waals surface area contributed by atoms with Crippen molar-refractivity contribution in [2.75, 3.05) is 5.32 Å². The van der Waals surface area contributed by atoms with Crippen LogP contribution < -0.4 is 5.32 Å². The molecule has 0 aromatic heterocycles. The Labute approximate surface area is 109 Å². The van der Waals surface area contributed by atoms with Gasteiger partial charge in [-0.3, -0.25) is 15.4 Å². The summed E-state index contributed by atoms with van der Waals surface area (Å²) in [7, 11) is 0. The Morgan fingerprint density at radius 1 is 1.42 bits per heavy atom. The van der Waals surface area contributed by atoms with E-state index in [0.29, 0.717) is 0 Å². The third kappa shape index (κ3) is 3.90. The minimum Gasteiger partial charge on any atom is -0.444 e. The van der Waals surface area contributed by atoms with Crippen LogP contribution in [0.25, 0.3) is 0 Å². The quantitative estimate of drug-likeness (QED) is 0.659. The van der Waals surface area contributed by atoms with Gasteiger partial charge < -0.3 is 4.74 Å². The topological polar surface area (TPSA) is 81.5 Å². The van der Waals surface area contributed by atoms with Gasteiger partial charge in [-0.2, -0.15) is 0 Å². The lowest BCUT2D eigenvalue weighted by atomic mass is 10.1. The normalized spacial score (nSPS) is 11.0. The summed E-state index contributed by atoms with van der Waals surface area (Å²) in [6.45, 7) is 6.30. The zero-order valence-electron chi connectivity index (χ0n) is 11.1. The summed E-state index contributed by atoms with van der Waals surface area (Å²) in [4.78, 5) is 21.7. The van der Waals surface area contributed by atoms with Crippen LogP contribution in [0.2, 0.25) is 0 Å². The zero-order chi connectivity index (χ0) is 14.8. The predicted molar refractivity (Wildman–Crippen MR) is 67.6 cm³/mol. The number of ether oxygens (including phenoxy) is 1. The summed E-state index contributed by atoms with van der Waals surface area (Å²) >= 11 is 0. The Bertz CT molecular complexity index is 523. The van der Waals surface area contributed by atoms with E-state index in [1.54, 1.807) is 20.8 Å². The van der Waals surface area contributed by atoms with Crippen molar-refractivity contribution in [3.05, 3.63) is 33.6 Å². The third-order valence-electron chi connectivity index (χ3n) is 2.20. The second-order valence-electron chi connectivity index (χ2n) is 4.95. The molecule has 1 rings (SSSR count). The van der Waals surface area contributed by atoms with Gasteiger partial charge in [0.2, 0.25) is 0 Å². The maximum Gasteiger partial charge on any atom is 0.412 e. The van der Waals surface area contributed by atoms with E-state index >= 15 is 0 Å². The number of carbonyl (C=O) groups excluding carboxylic acids is 1. The Morgan fingerprint density at radius 2 is 2.00 bits per heavy atom. The van der Waals surface area contributed by atoms with Crippen molar-refractivity contribution in [2.24, 2.45) is 0 Å². The first-order valence-corrected chi connectivity index (χ1v) is 5.55. The molecule has 0 radical (unpaired) electrons. The van der Waals surface area contributed by atoms with Gasteiger partial charge >= 0.3 is 6.09 Å². The molecular weight excluding hydrogens is 255 g/mol. The van der Waals surface area contributed by atoms with Crippen LogP contribution in [-0.4, -0.2) is 16.6 Å². The standard InChI is InChI=1S/C12H15FN2O4/c1-7-8(13)5-6-9(15(17)18)10(7)14-11(16)19-12(2,3)4/h5-6H,1-4H3,(H,14,16). The number of anilines is 1. The second-order valence-corrected chi connectivity index (χ2v) is 4.95. The number of nitrogens with one attached hydrogen (secondary N) is 1. The molecule has 1 aromatic carbocycles. The fourth-order valence-electron chi connectivity index (χ4n) is 1.39. The van der Waals surface area contributed by atoms with E-state index in [9.17, 15) is 19.3 Å². The monoisotopic (exact) mass is 270 g/mol. The smallest absolute Gasteiger partial charge is 0.412 e. The molecule has 0 aliphatic rings. The maximum absolute atomic E-state index is 13.4. The first-order chi connectivity index (χ1) is 8.61. The van der Waals surface area contributed by atoms with Gasteiger partial charge in [0.15, 0.2) is 0 Å². The van der Waals surface area contributed by atoms with Crippen LogP contribution in [-0.2, 0) is 4.74 Å². The van der Waals surface area contributed by atoms with Gasteiger partial charge in [-0.05, 0) is 33.8 Å². The summed E-state index contributed by atoms with van der Waals surface area (Å²) < 4.78 is 18.4. The van der Waals surface area contributed by atoms with E-state index in [0.717, 1.165) is 12.1 Å². The number of rotatable bonds is 2. The van der Waals surface area contributed by atoms with Gasteiger partial charge in [0, 0.05) is 11.6 Å².